The number of hydrogen-bond acceptors (Lipinski definition) is 4. The van der Waals surface area contributed by atoms with Crippen molar-refractivity contribution in [1.29, 1.82) is 0 Å². The van der Waals surface area contributed by atoms with Gasteiger partial charge in [0.1, 0.15) is 10.7 Å². The second kappa shape index (κ2) is 7.19. The Balaban J connectivity index is 1.41. The molecule has 7 nitrogen and oxygen atoms in total. The van der Waals surface area contributed by atoms with Gasteiger partial charge in [0.05, 0.1) is 36.6 Å². The van der Waals surface area contributed by atoms with E-state index in [4.69, 9.17) is 0 Å². The number of imidazole rings is 1. The fraction of sp³-hybridized carbons (Fsp3) is 0.143. The second-order valence-electron chi connectivity index (χ2n) is 7.03. The first-order valence-corrected chi connectivity index (χ1v) is 10.9. The Morgan fingerprint density at radius 2 is 1.73 bits per heavy atom. The average molecular weight is 423 g/mol. The summed E-state index contributed by atoms with van der Waals surface area (Å²) in [5.41, 5.74) is 3.22. The molecular formula is C21H18FN5O2S. The molecule has 1 aliphatic rings. The van der Waals surface area contributed by atoms with Crippen LogP contribution in [0.3, 0.4) is 0 Å². The molecule has 9 heteroatoms. The van der Waals surface area contributed by atoms with Gasteiger partial charge >= 0.3 is 0 Å². The second-order valence-corrected chi connectivity index (χ2v) is 8.97. The van der Waals surface area contributed by atoms with E-state index < -0.39 is 10.0 Å². The molecule has 152 valence electrons. The summed E-state index contributed by atoms with van der Waals surface area (Å²) in [6.07, 6.45) is 5.06. The first-order chi connectivity index (χ1) is 14.5. The molecule has 30 heavy (non-hydrogen) atoms. The number of aromatic nitrogens is 4. The van der Waals surface area contributed by atoms with Crippen LogP contribution in [0.1, 0.15) is 11.4 Å². The molecule has 0 saturated carbocycles. The summed E-state index contributed by atoms with van der Waals surface area (Å²) in [7, 11) is -3.70. The summed E-state index contributed by atoms with van der Waals surface area (Å²) in [5.74, 6) is -0.305. The molecular weight excluding hydrogens is 405 g/mol. The molecule has 0 radical (unpaired) electrons. The van der Waals surface area contributed by atoms with E-state index in [1.807, 2.05) is 34.9 Å². The zero-order chi connectivity index (χ0) is 20.7. The Hall–Kier alpha value is -3.30. The van der Waals surface area contributed by atoms with E-state index in [-0.39, 0.29) is 17.3 Å². The minimum Gasteiger partial charge on any atom is -0.303 e. The maximum absolute atomic E-state index is 13.2. The molecule has 0 aliphatic carbocycles. The van der Waals surface area contributed by atoms with Crippen molar-refractivity contribution in [1.82, 2.24) is 23.6 Å². The number of para-hydroxylation sites is 1. The van der Waals surface area contributed by atoms with Crippen LogP contribution in [0.5, 0.6) is 0 Å². The Morgan fingerprint density at radius 1 is 0.967 bits per heavy atom. The molecule has 0 spiro atoms. The normalized spacial score (nSPS) is 14.6. The molecule has 2 aromatic carbocycles. The third kappa shape index (κ3) is 3.21. The molecule has 0 amide bonds. The molecule has 4 aromatic rings. The summed E-state index contributed by atoms with van der Waals surface area (Å²) >= 11 is 0. The van der Waals surface area contributed by atoms with E-state index >= 15 is 0 Å². The van der Waals surface area contributed by atoms with Crippen molar-refractivity contribution in [3.05, 3.63) is 90.5 Å². The van der Waals surface area contributed by atoms with Crippen molar-refractivity contribution in [2.75, 3.05) is 6.54 Å². The molecule has 0 saturated heterocycles. The molecule has 5 rings (SSSR count). The molecule has 0 N–H and O–H groups in total. The Morgan fingerprint density at radius 3 is 2.50 bits per heavy atom. The topological polar surface area (TPSA) is 73.0 Å². The lowest BCUT2D eigenvalue weighted by atomic mass is 10.1. The highest BCUT2D eigenvalue weighted by Gasteiger charge is 2.31. The number of hydrogen-bond donors (Lipinski definition) is 0. The number of nitrogens with zero attached hydrogens (tertiary/aromatic N) is 5. The van der Waals surface area contributed by atoms with Crippen LogP contribution < -0.4 is 0 Å². The van der Waals surface area contributed by atoms with Crippen molar-refractivity contribution >= 4 is 10.0 Å². The number of benzene rings is 2. The molecule has 0 unspecified atom stereocenters. The van der Waals surface area contributed by atoms with Crippen LogP contribution in [0.15, 0.2) is 78.2 Å². The number of rotatable bonds is 4. The maximum atomic E-state index is 13.2. The van der Waals surface area contributed by atoms with Gasteiger partial charge in [-0.05, 0) is 36.4 Å². The van der Waals surface area contributed by atoms with Gasteiger partial charge in [0.2, 0.25) is 10.0 Å². The molecule has 2 aromatic heterocycles. The minimum absolute atomic E-state index is 0.146. The molecule has 3 heterocycles. The van der Waals surface area contributed by atoms with Crippen LogP contribution in [-0.4, -0.2) is 38.6 Å². The van der Waals surface area contributed by atoms with Crippen LogP contribution in [-0.2, 0) is 23.0 Å². The number of halogens is 1. The zero-order valence-corrected chi connectivity index (χ0v) is 16.7. The monoisotopic (exact) mass is 423 g/mol. The van der Waals surface area contributed by atoms with Gasteiger partial charge in [-0.3, -0.25) is 0 Å². The zero-order valence-electron chi connectivity index (χ0n) is 15.9. The Kier molecular flexibility index (Phi) is 4.48. The average Bonchev–Trinajstić information content (AvgIpc) is 3.43. The van der Waals surface area contributed by atoms with Crippen molar-refractivity contribution in [2.24, 2.45) is 0 Å². The Bertz CT molecular complexity index is 1300. The van der Waals surface area contributed by atoms with Crippen LogP contribution >= 0.6 is 0 Å². The minimum atomic E-state index is -3.70. The number of fused-ring (bicyclic) bond motifs is 1. The smallest absolute Gasteiger partial charge is 0.246 e. The summed E-state index contributed by atoms with van der Waals surface area (Å²) < 4.78 is 44.4. The van der Waals surface area contributed by atoms with Crippen LogP contribution in [0, 0.1) is 5.82 Å². The molecule has 1 aliphatic heterocycles. The lowest BCUT2D eigenvalue weighted by Gasteiger charge is -2.26. The predicted molar refractivity (Wildman–Crippen MR) is 108 cm³/mol. The van der Waals surface area contributed by atoms with Gasteiger partial charge in [-0.15, -0.1) is 0 Å². The van der Waals surface area contributed by atoms with E-state index in [0.717, 1.165) is 17.1 Å². The first kappa shape index (κ1) is 18.7. The van der Waals surface area contributed by atoms with E-state index in [1.54, 1.807) is 23.1 Å². The van der Waals surface area contributed by atoms with Gasteiger partial charge < -0.3 is 4.57 Å². The van der Waals surface area contributed by atoms with Crippen molar-refractivity contribution in [2.45, 2.75) is 17.9 Å². The summed E-state index contributed by atoms with van der Waals surface area (Å²) in [6.45, 7) is 0.515. The standard InChI is InChI=1S/C21H18FN5O2S/c22-16-6-8-17(9-7-16)26-15-23-20-14-25(11-10-21(20)26)30(28,29)19-12-24-27(13-19)18-4-2-1-3-5-18/h1-9,12-13,15H,10-11,14H2. The van der Waals surface area contributed by atoms with Crippen molar-refractivity contribution in [3.8, 4) is 11.4 Å². The van der Waals surface area contributed by atoms with Gasteiger partial charge in [0.25, 0.3) is 0 Å². The van der Waals surface area contributed by atoms with Gasteiger partial charge in [-0.25, -0.2) is 22.5 Å². The predicted octanol–water partition coefficient (Wildman–Crippen LogP) is 2.94. The third-order valence-corrected chi connectivity index (χ3v) is 7.00. The number of sulfonamides is 1. The van der Waals surface area contributed by atoms with Crippen LogP contribution in [0.2, 0.25) is 0 Å². The maximum Gasteiger partial charge on any atom is 0.246 e. The molecule has 0 bridgehead atoms. The lowest BCUT2D eigenvalue weighted by Crippen LogP contribution is -2.36. The summed E-state index contributed by atoms with van der Waals surface area (Å²) in [6, 6.07) is 15.5. The van der Waals surface area contributed by atoms with Gasteiger partial charge in [0, 0.05) is 24.3 Å². The highest BCUT2D eigenvalue weighted by atomic mass is 32.2. The highest BCUT2D eigenvalue weighted by Crippen LogP contribution is 2.26. The summed E-state index contributed by atoms with van der Waals surface area (Å²) in [4.78, 5) is 4.55. The summed E-state index contributed by atoms with van der Waals surface area (Å²) in [5, 5.41) is 4.20. The van der Waals surface area contributed by atoms with E-state index in [9.17, 15) is 12.8 Å². The van der Waals surface area contributed by atoms with Gasteiger partial charge in [-0.1, -0.05) is 18.2 Å². The lowest BCUT2D eigenvalue weighted by molar-refractivity contribution is 0.384. The fourth-order valence-electron chi connectivity index (χ4n) is 3.62. The first-order valence-electron chi connectivity index (χ1n) is 9.44. The van der Waals surface area contributed by atoms with E-state index in [2.05, 4.69) is 10.1 Å². The highest BCUT2D eigenvalue weighted by molar-refractivity contribution is 7.89. The van der Waals surface area contributed by atoms with Gasteiger partial charge in [-0.2, -0.15) is 9.40 Å². The Labute approximate surface area is 173 Å². The fourth-order valence-corrected chi connectivity index (χ4v) is 4.96. The van der Waals surface area contributed by atoms with E-state index in [0.29, 0.717) is 18.7 Å². The van der Waals surface area contributed by atoms with Gasteiger partial charge in [0.15, 0.2) is 0 Å². The SMILES string of the molecule is O=S(=O)(c1cnn(-c2ccccc2)c1)N1CCc2c(ncn2-c2ccc(F)cc2)C1. The van der Waals surface area contributed by atoms with Crippen molar-refractivity contribution in [3.63, 3.8) is 0 Å². The molecule has 0 fully saturated rings. The molecule has 0 atom stereocenters. The van der Waals surface area contributed by atoms with Crippen LogP contribution in [0.25, 0.3) is 11.4 Å². The third-order valence-electron chi connectivity index (χ3n) is 5.20. The van der Waals surface area contributed by atoms with Crippen molar-refractivity contribution < 1.29 is 12.8 Å². The van der Waals surface area contributed by atoms with Crippen LogP contribution in [0.4, 0.5) is 4.39 Å². The largest absolute Gasteiger partial charge is 0.303 e. The quantitative estimate of drug-likeness (QED) is 0.506. The van der Waals surface area contributed by atoms with E-state index in [1.165, 1.54) is 28.8 Å².